The number of hydrazine groups is 1. The van der Waals surface area contributed by atoms with Crippen molar-refractivity contribution in [3.63, 3.8) is 0 Å². The van der Waals surface area contributed by atoms with Crippen molar-refractivity contribution in [3.05, 3.63) is 71.5 Å². The molecular weight excluding hydrogens is 1080 g/mol. The maximum Gasteiger partial charge on any atom is 0.406 e. The van der Waals surface area contributed by atoms with E-state index in [0.29, 0.717) is 118 Å². The number of nitrogens with zero attached hydrogens (tertiary/aromatic N) is 7. The molecule has 9 aliphatic rings. The van der Waals surface area contributed by atoms with Crippen LogP contribution in [0.1, 0.15) is 95.1 Å². The Labute approximate surface area is 489 Å². The van der Waals surface area contributed by atoms with Gasteiger partial charge in [-0.05, 0) is 104 Å². The van der Waals surface area contributed by atoms with E-state index in [-0.39, 0.29) is 61.2 Å². The Hall–Kier alpha value is -5.68. The molecule has 7 atom stereocenters. The van der Waals surface area contributed by atoms with Crippen molar-refractivity contribution in [3.8, 4) is 22.4 Å². The number of amides is 3. The molecule has 3 N–H and O–H groups in total. The molecule has 2 saturated carbocycles. The number of alkyl halides is 3. The van der Waals surface area contributed by atoms with Gasteiger partial charge >= 0.3 is 12.1 Å². The van der Waals surface area contributed by atoms with Crippen LogP contribution in [0.15, 0.2) is 54.7 Å². The molecule has 13 rings (SSSR count). The molecule has 4 aromatic rings. The maximum absolute atomic E-state index is 15.3. The van der Waals surface area contributed by atoms with E-state index in [1.54, 1.807) is 19.4 Å². The Morgan fingerprint density at radius 1 is 0.929 bits per heavy atom. The molecule has 8 fully saturated rings. The predicted octanol–water partition coefficient (Wildman–Crippen LogP) is 6.03. The molecule has 6 bridgehead atoms. The highest BCUT2D eigenvalue weighted by atomic mass is 19.4. The van der Waals surface area contributed by atoms with Gasteiger partial charge in [-0.15, -0.1) is 0 Å². The number of nitrogens with one attached hydrogen (secondary N) is 3. The number of esters is 1. The van der Waals surface area contributed by atoms with E-state index in [0.717, 1.165) is 61.2 Å². The van der Waals surface area contributed by atoms with Gasteiger partial charge in [0.1, 0.15) is 30.3 Å². The Morgan fingerprint density at radius 3 is 2.52 bits per heavy atom. The zero-order valence-corrected chi connectivity index (χ0v) is 48.9. The normalized spacial score (nSPS) is 27.7. The summed E-state index contributed by atoms with van der Waals surface area (Å²) >= 11 is 0. The number of benzene rings is 2. The molecule has 2 aliphatic carbocycles. The second-order valence-corrected chi connectivity index (χ2v) is 26.4. The van der Waals surface area contributed by atoms with Crippen molar-refractivity contribution in [2.24, 2.45) is 17.3 Å². The van der Waals surface area contributed by atoms with Gasteiger partial charge in [-0.25, -0.2) is 5.43 Å². The van der Waals surface area contributed by atoms with Crippen LogP contribution in [0.25, 0.3) is 33.3 Å². The molecule has 21 heteroatoms. The minimum atomic E-state index is -4.61. The molecule has 2 aromatic carbocycles. The highest BCUT2D eigenvalue weighted by Crippen LogP contribution is 2.46. The molecular formula is C63H81F3N10O8. The monoisotopic (exact) mass is 1160 g/mol. The highest BCUT2D eigenvalue weighted by Gasteiger charge is 2.58. The van der Waals surface area contributed by atoms with E-state index in [1.165, 1.54) is 22.4 Å². The number of methoxy groups -OCH3 is 1. The molecule has 452 valence electrons. The number of hydrogen-bond donors (Lipinski definition) is 3. The van der Waals surface area contributed by atoms with Crippen molar-refractivity contribution < 1.29 is 51.3 Å². The van der Waals surface area contributed by atoms with Crippen molar-refractivity contribution in [1.82, 2.24) is 45.3 Å². The number of pyridine rings is 1. The number of carbonyl (C=O) groups excluding carboxylic acids is 4. The summed E-state index contributed by atoms with van der Waals surface area (Å²) in [5.41, 5.74) is 7.32. The van der Waals surface area contributed by atoms with Gasteiger partial charge in [-0.2, -0.15) is 13.2 Å². The molecule has 1 spiro atoms. The third kappa shape index (κ3) is 11.7. The molecule has 18 nitrogen and oxygen atoms in total. The van der Waals surface area contributed by atoms with E-state index in [9.17, 15) is 9.59 Å². The minimum Gasteiger partial charge on any atom is -0.464 e. The predicted molar refractivity (Wildman–Crippen MR) is 308 cm³/mol. The lowest BCUT2D eigenvalue weighted by Gasteiger charge is -2.55. The molecule has 6 saturated heterocycles. The first-order valence-electron chi connectivity index (χ1n) is 30.8. The second-order valence-electron chi connectivity index (χ2n) is 26.4. The first kappa shape index (κ1) is 57.4. The fourth-order valence-electron chi connectivity index (χ4n) is 14.9. The Morgan fingerprint density at radius 2 is 1.74 bits per heavy atom. The largest absolute Gasteiger partial charge is 0.464 e. The van der Waals surface area contributed by atoms with Crippen LogP contribution in [0.2, 0.25) is 0 Å². The van der Waals surface area contributed by atoms with Gasteiger partial charge in [0.25, 0.3) is 5.91 Å². The molecule has 9 heterocycles. The van der Waals surface area contributed by atoms with Gasteiger partial charge in [-0.1, -0.05) is 57.0 Å². The number of piperazine rings is 1. The van der Waals surface area contributed by atoms with E-state index in [2.05, 4.69) is 30.8 Å². The number of anilines is 1. The van der Waals surface area contributed by atoms with Gasteiger partial charge in [-0.3, -0.25) is 44.3 Å². The number of cyclic esters (lactones) is 1. The number of aromatic nitrogens is 2. The smallest absolute Gasteiger partial charge is 0.406 e. The summed E-state index contributed by atoms with van der Waals surface area (Å²) in [6, 6.07) is 13.2. The molecule has 84 heavy (non-hydrogen) atoms. The van der Waals surface area contributed by atoms with Gasteiger partial charge in [0.2, 0.25) is 11.8 Å². The van der Waals surface area contributed by atoms with Crippen LogP contribution in [0.5, 0.6) is 0 Å². The van der Waals surface area contributed by atoms with Crippen LogP contribution in [-0.4, -0.2) is 193 Å². The maximum atomic E-state index is 15.3. The Balaban J connectivity index is 0.858. The summed E-state index contributed by atoms with van der Waals surface area (Å²) < 4.78 is 71.7. The van der Waals surface area contributed by atoms with Gasteiger partial charge in [0.15, 0.2) is 0 Å². The Kier molecular flexibility index (Phi) is 15.6. The second kappa shape index (κ2) is 22.9. The molecule has 7 aliphatic heterocycles. The third-order valence-corrected chi connectivity index (χ3v) is 19.6. The summed E-state index contributed by atoms with van der Waals surface area (Å²) in [6.07, 6.45) is 3.92. The number of fused-ring (bicyclic) bond motifs is 7. The zero-order chi connectivity index (χ0) is 58.2. The lowest BCUT2D eigenvalue weighted by molar-refractivity contribution is -0.197. The van der Waals surface area contributed by atoms with Gasteiger partial charge in [0, 0.05) is 87.3 Å². The number of ether oxygens (including phenoxy) is 4. The van der Waals surface area contributed by atoms with E-state index in [1.807, 2.05) is 68.1 Å². The quantitative estimate of drug-likeness (QED) is 0.117. The van der Waals surface area contributed by atoms with Crippen molar-refractivity contribution >= 4 is 40.3 Å². The van der Waals surface area contributed by atoms with Crippen LogP contribution in [0.3, 0.4) is 0 Å². The van der Waals surface area contributed by atoms with E-state index >= 15 is 22.8 Å². The first-order chi connectivity index (χ1) is 40.4. The van der Waals surface area contributed by atoms with Crippen LogP contribution in [-0.2, 0) is 57.5 Å². The summed E-state index contributed by atoms with van der Waals surface area (Å²) in [4.78, 5) is 72.1. The molecule has 2 aromatic heterocycles. The number of morpholine rings is 2. The van der Waals surface area contributed by atoms with Crippen LogP contribution >= 0.6 is 0 Å². The zero-order valence-electron chi connectivity index (χ0n) is 48.9. The number of hydrogen-bond acceptors (Lipinski definition) is 14. The fourth-order valence-corrected chi connectivity index (χ4v) is 14.9. The van der Waals surface area contributed by atoms with Gasteiger partial charge in [0.05, 0.1) is 81.0 Å². The first-order valence-corrected chi connectivity index (χ1v) is 30.8. The summed E-state index contributed by atoms with van der Waals surface area (Å²) in [7, 11) is 1.57. The number of halogens is 3. The van der Waals surface area contributed by atoms with Crippen molar-refractivity contribution in [2.45, 2.75) is 146 Å². The highest BCUT2D eigenvalue weighted by molar-refractivity contribution is 5.96. The summed E-state index contributed by atoms with van der Waals surface area (Å²) in [6.45, 7) is 11.4. The average molecular weight is 1160 g/mol. The fraction of sp³-hybridized carbons (Fsp3) is 0.635. The average Bonchev–Trinajstić information content (AvgIpc) is 2.10. The van der Waals surface area contributed by atoms with E-state index < -0.39 is 53.9 Å². The van der Waals surface area contributed by atoms with Gasteiger partial charge < -0.3 is 38.6 Å². The summed E-state index contributed by atoms with van der Waals surface area (Å²) in [5, 5.41) is 8.76. The lowest BCUT2D eigenvalue weighted by Crippen LogP contribution is -2.73. The topological polar surface area (TPSA) is 185 Å². The SMILES string of the molecule is CO[C@@H](C)c1ncc(N2CCN3CCOC[C@@H]3C2)cc1-c1c2c3cc(ccc3n1CC(F)(F)F)-c1cccc(c1)C[C@H](NC(=O)C(C1CCCC1)N1CCOC3(CN(C(=O)[C@@H]4NC4C4CC4)C3)C1)C(=O)N1CCC[C@H](N1)C(=O)OCC(C)(C)C2. The lowest BCUT2D eigenvalue weighted by atomic mass is 9.84. The summed E-state index contributed by atoms with van der Waals surface area (Å²) in [5.74, 6) is -0.389. The van der Waals surface area contributed by atoms with Crippen molar-refractivity contribution in [2.75, 3.05) is 97.3 Å². The number of carbonyl (C=O) groups is 4. The molecule has 2 unspecified atom stereocenters. The van der Waals surface area contributed by atoms with Crippen LogP contribution in [0.4, 0.5) is 18.9 Å². The number of rotatable bonds is 11. The van der Waals surface area contributed by atoms with E-state index in [4.69, 9.17) is 23.9 Å². The van der Waals surface area contributed by atoms with Crippen LogP contribution < -0.4 is 21.0 Å². The Bertz CT molecular complexity index is 3160. The van der Waals surface area contributed by atoms with Crippen LogP contribution in [0, 0.1) is 17.3 Å². The third-order valence-electron chi connectivity index (χ3n) is 19.6. The molecule has 3 amide bonds. The van der Waals surface area contributed by atoms with Crippen molar-refractivity contribution in [1.29, 1.82) is 0 Å². The standard InChI is InChI=1S/C63H81F3N10O8/c1-38(81-4)52-47(28-44(30-67-52)72-20-19-71-21-23-82-32-45(71)31-72)56-48-29-61(2,3)37-83-60(80)49-13-8-18-76(70-49)58(78)50(26-39-9-7-12-42(25-39)43-16-17-51(46(48)27-43)75(56)36-63(64,65)66)68-57(77)55(41-10-5-6-11-41)73-22-24-84-62(33-73)34-74(35-62)59(79)54-53(69-54)40-14-15-40/h7,9,12,16-17,25,27-28,30,38,40-41,45,49-50,53-55,69-70H,5-6,8,10-11,13-15,18-24,26,29,31-37H2,1-4H3,(H,68,77)/t38-,45-,49-,50-,53?,54+,55?/m0/s1. The number of likely N-dealkylation sites (tertiary alicyclic amines) is 1. The molecule has 0 radical (unpaired) electrons. The minimum absolute atomic E-state index is 0.0523.